The van der Waals surface area contributed by atoms with Crippen molar-refractivity contribution in [3.63, 3.8) is 0 Å². The van der Waals surface area contributed by atoms with Crippen LogP contribution in [0.15, 0.2) is 41.3 Å². The Morgan fingerprint density at radius 3 is 2.42 bits per heavy atom. The van der Waals surface area contributed by atoms with Gasteiger partial charge in [-0.1, -0.05) is 67.4 Å². The highest BCUT2D eigenvalue weighted by Gasteiger charge is 2.04. The van der Waals surface area contributed by atoms with E-state index in [4.69, 9.17) is 23.2 Å². The normalized spacial score (nSPS) is 10.1. The first-order chi connectivity index (χ1) is 9.18. The van der Waals surface area contributed by atoms with Crippen LogP contribution in [0.1, 0.15) is 19.4 Å². The van der Waals surface area contributed by atoms with E-state index in [1.165, 1.54) is 6.20 Å². The lowest BCUT2D eigenvalue weighted by Gasteiger charge is -1.99. The van der Waals surface area contributed by atoms with Crippen molar-refractivity contribution in [2.45, 2.75) is 13.8 Å². The van der Waals surface area contributed by atoms with Gasteiger partial charge in [0.05, 0.1) is 11.2 Å². The summed E-state index contributed by atoms with van der Waals surface area (Å²) in [5.74, 6) is 0. The summed E-state index contributed by atoms with van der Waals surface area (Å²) in [5, 5.41) is 3.98. The van der Waals surface area contributed by atoms with E-state index in [-0.39, 0.29) is 10.0 Å². The molecule has 0 saturated carbocycles. The Kier molecular flexibility index (Phi) is 6.33. The Labute approximate surface area is 122 Å². The van der Waals surface area contributed by atoms with Crippen molar-refractivity contribution in [3.8, 4) is 0 Å². The minimum atomic E-state index is -0.439. The van der Waals surface area contributed by atoms with Crippen molar-refractivity contribution >= 4 is 35.5 Å². The van der Waals surface area contributed by atoms with Gasteiger partial charge >= 0.3 is 0 Å². The number of hydrogen-bond acceptors (Lipinski definition) is 2. The molecule has 0 spiro atoms. The van der Waals surface area contributed by atoms with Crippen LogP contribution in [0.5, 0.6) is 0 Å². The number of rotatable bonds is 2. The van der Waals surface area contributed by atoms with Crippen molar-refractivity contribution < 1.29 is 0 Å². The van der Waals surface area contributed by atoms with Gasteiger partial charge in [0.2, 0.25) is 0 Å². The first kappa shape index (κ1) is 15.5. The van der Waals surface area contributed by atoms with Gasteiger partial charge in [0.25, 0.3) is 5.56 Å². The maximum absolute atomic E-state index is 11.6. The summed E-state index contributed by atoms with van der Waals surface area (Å²) in [5.41, 5.74) is 0.527. The van der Waals surface area contributed by atoms with Crippen LogP contribution in [0.3, 0.4) is 0 Å². The number of benzene rings is 1. The smallest absolute Gasteiger partial charge is 0.266 e. The van der Waals surface area contributed by atoms with E-state index in [1.807, 2.05) is 44.2 Å². The van der Waals surface area contributed by atoms with Gasteiger partial charge in [0, 0.05) is 6.20 Å². The fourth-order valence-corrected chi connectivity index (χ4v) is 1.51. The molecule has 0 atom stereocenters. The zero-order chi connectivity index (χ0) is 14.3. The standard InChI is InChI=1S/C12H8Cl2N2O.C2H6/c13-10-8-15-16(12(17)11(10)14)7-6-9-4-2-1-3-5-9;1-2/h1-8H;1-2H3/b7-6+;. The second-order valence-electron chi connectivity index (χ2n) is 3.28. The largest absolute Gasteiger partial charge is 0.291 e. The second kappa shape index (κ2) is 7.77. The molecule has 1 aromatic heterocycles. The van der Waals surface area contributed by atoms with Crippen LogP contribution in [0.25, 0.3) is 12.3 Å². The fraction of sp³-hybridized carbons (Fsp3) is 0.143. The van der Waals surface area contributed by atoms with Crippen LogP contribution < -0.4 is 5.56 Å². The Morgan fingerprint density at radius 1 is 1.16 bits per heavy atom. The summed E-state index contributed by atoms with van der Waals surface area (Å²) in [4.78, 5) is 11.6. The molecule has 0 aliphatic rings. The first-order valence-corrected chi connectivity index (χ1v) is 6.60. The molecule has 1 aromatic carbocycles. The molecule has 2 aromatic rings. The summed E-state index contributed by atoms with van der Waals surface area (Å²) < 4.78 is 1.14. The van der Waals surface area contributed by atoms with Gasteiger partial charge in [-0.15, -0.1) is 0 Å². The monoisotopic (exact) mass is 296 g/mol. The topological polar surface area (TPSA) is 34.9 Å². The molecule has 0 aliphatic carbocycles. The van der Waals surface area contributed by atoms with Gasteiger partial charge in [-0.25, -0.2) is 4.68 Å². The van der Waals surface area contributed by atoms with Gasteiger partial charge in [0.15, 0.2) is 0 Å². The van der Waals surface area contributed by atoms with Crippen LogP contribution in [0.4, 0.5) is 0 Å². The molecule has 5 heteroatoms. The summed E-state index contributed by atoms with van der Waals surface area (Å²) in [6.45, 7) is 4.00. The van der Waals surface area contributed by atoms with Crippen molar-refractivity contribution in [1.82, 2.24) is 9.78 Å². The molecular formula is C14H14Cl2N2O. The lowest BCUT2D eigenvalue weighted by molar-refractivity contribution is 0.855. The molecule has 100 valence electrons. The number of nitrogens with zero attached hydrogens (tertiary/aromatic N) is 2. The van der Waals surface area contributed by atoms with Gasteiger partial charge in [-0.2, -0.15) is 5.10 Å². The summed E-state index contributed by atoms with van der Waals surface area (Å²) in [7, 11) is 0. The zero-order valence-electron chi connectivity index (χ0n) is 10.7. The van der Waals surface area contributed by atoms with E-state index >= 15 is 0 Å². The first-order valence-electron chi connectivity index (χ1n) is 5.84. The van der Waals surface area contributed by atoms with Gasteiger partial charge in [-0.05, 0) is 11.6 Å². The van der Waals surface area contributed by atoms with Crippen LogP contribution in [0.2, 0.25) is 10.0 Å². The van der Waals surface area contributed by atoms with E-state index in [9.17, 15) is 4.79 Å². The van der Waals surface area contributed by atoms with E-state index in [0.717, 1.165) is 10.2 Å². The molecule has 1 heterocycles. The van der Waals surface area contributed by atoms with E-state index in [0.29, 0.717) is 0 Å². The van der Waals surface area contributed by atoms with E-state index < -0.39 is 5.56 Å². The SMILES string of the molecule is CC.O=c1c(Cl)c(Cl)cnn1/C=C/c1ccccc1. The third kappa shape index (κ3) is 4.23. The summed E-state index contributed by atoms with van der Waals surface area (Å²) >= 11 is 11.4. The van der Waals surface area contributed by atoms with Crippen molar-refractivity contribution in [3.05, 3.63) is 62.5 Å². The lowest BCUT2D eigenvalue weighted by atomic mass is 10.2. The van der Waals surface area contributed by atoms with E-state index in [1.54, 1.807) is 12.3 Å². The van der Waals surface area contributed by atoms with Gasteiger partial charge in [-0.3, -0.25) is 4.79 Å². The molecular weight excluding hydrogens is 283 g/mol. The number of aromatic nitrogens is 2. The highest BCUT2D eigenvalue weighted by molar-refractivity contribution is 6.41. The number of hydrogen-bond donors (Lipinski definition) is 0. The average Bonchev–Trinajstić information content (AvgIpc) is 2.47. The van der Waals surface area contributed by atoms with Gasteiger partial charge in [0.1, 0.15) is 5.02 Å². The molecule has 0 fully saturated rings. The molecule has 0 unspecified atom stereocenters. The van der Waals surface area contributed by atoms with Crippen molar-refractivity contribution in [2.24, 2.45) is 0 Å². The number of halogens is 2. The summed E-state index contributed by atoms with van der Waals surface area (Å²) in [6, 6.07) is 9.56. The van der Waals surface area contributed by atoms with Gasteiger partial charge < -0.3 is 0 Å². The average molecular weight is 297 g/mol. The minimum Gasteiger partial charge on any atom is -0.266 e. The third-order valence-corrected chi connectivity index (χ3v) is 2.86. The molecule has 2 rings (SSSR count). The summed E-state index contributed by atoms with van der Waals surface area (Å²) in [6.07, 6.45) is 4.64. The Hall–Kier alpha value is -1.58. The molecule has 0 aliphatic heterocycles. The van der Waals surface area contributed by atoms with Crippen LogP contribution in [-0.4, -0.2) is 9.78 Å². The van der Waals surface area contributed by atoms with Crippen LogP contribution in [0, 0.1) is 0 Å². The lowest BCUT2D eigenvalue weighted by Crippen LogP contribution is -2.18. The molecule has 0 amide bonds. The molecule has 19 heavy (non-hydrogen) atoms. The Balaban J connectivity index is 0.000000861. The predicted octanol–water partition coefficient (Wildman–Crippen LogP) is 4.20. The van der Waals surface area contributed by atoms with E-state index in [2.05, 4.69) is 5.10 Å². The maximum atomic E-state index is 11.6. The molecule has 0 radical (unpaired) electrons. The predicted molar refractivity (Wildman–Crippen MR) is 81.5 cm³/mol. The highest BCUT2D eigenvalue weighted by Crippen LogP contribution is 2.14. The quantitative estimate of drug-likeness (QED) is 0.832. The molecule has 0 N–H and O–H groups in total. The highest BCUT2D eigenvalue weighted by atomic mass is 35.5. The third-order valence-electron chi connectivity index (χ3n) is 2.11. The Morgan fingerprint density at radius 2 is 1.79 bits per heavy atom. The minimum absolute atomic E-state index is 0.0284. The second-order valence-corrected chi connectivity index (χ2v) is 4.07. The molecule has 0 bridgehead atoms. The zero-order valence-corrected chi connectivity index (χ0v) is 12.2. The fourth-order valence-electron chi connectivity index (χ4n) is 1.25. The molecule has 3 nitrogen and oxygen atoms in total. The maximum Gasteiger partial charge on any atom is 0.291 e. The molecule has 0 saturated heterocycles. The Bertz CT molecular complexity index is 607. The van der Waals surface area contributed by atoms with Crippen LogP contribution >= 0.6 is 23.2 Å². The van der Waals surface area contributed by atoms with Crippen molar-refractivity contribution in [1.29, 1.82) is 0 Å². The van der Waals surface area contributed by atoms with Crippen LogP contribution in [-0.2, 0) is 0 Å². The van der Waals surface area contributed by atoms with Crippen molar-refractivity contribution in [2.75, 3.05) is 0 Å².